The molecule has 1 aliphatic rings. The van der Waals surface area contributed by atoms with Crippen LogP contribution in [0.3, 0.4) is 0 Å². The minimum atomic E-state index is -0.221. The number of H-pyrrole nitrogens is 1. The number of aromatic amines is 1. The zero-order valence-corrected chi connectivity index (χ0v) is 13.9. The van der Waals surface area contributed by atoms with Crippen LogP contribution in [0.5, 0.6) is 0 Å². The lowest BCUT2D eigenvalue weighted by Gasteiger charge is -2.35. The van der Waals surface area contributed by atoms with Gasteiger partial charge in [-0.2, -0.15) is 5.26 Å². The fourth-order valence-corrected chi connectivity index (χ4v) is 2.99. The molecule has 0 saturated heterocycles. The number of nitrogens with zero attached hydrogens (tertiary/aromatic N) is 4. The van der Waals surface area contributed by atoms with Gasteiger partial charge in [0.1, 0.15) is 24.2 Å². The smallest absolute Gasteiger partial charge is 0.267 e. The number of amides is 1. The molecule has 132 valence electrons. The maximum Gasteiger partial charge on any atom is 0.267 e. The van der Waals surface area contributed by atoms with Crippen molar-refractivity contribution in [3.8, 4) is 6.07 Å². The molecular weight excluding hydrogens is 324 g/mol. The number of hydrogen-bond donors (Lipinski definition) is 3. The summed E-state index contributed by atoms with van der Waals surface area (Å²) in [4.78, 5) is 14.9. The van der Waals surface area contributed by atoms with Crippen molar-refractivity contribution in [3.63, 3.8) is 0 Å². The molecule has 0 unspecified atom stereocenters. The van der Waals surface area contributed by atoms with E-state index in [0.717, 1.165) is 18.7 Å². The van der Waals surface area contributed by atoms with E-state index in [1.165, 1.54) is 12.3 Å². The third kappa shape index (κ3) is 3.55. The highest BCUT2D eigenvalue weighted by molar-refractivity contribution is 5.93. The molecule has 0 bridgehead atoms. The quantitative estimate of drug-likeness (QED) is 0.662. The van der Waals surface area contributed by atoms with Crippen LogP contribution in [-0.2, 0) is 17.9 Å². The van der Waals surface area contributed by atoms with E-state index in [1.807, 2.05) is 10.6 Å². The van der Waals surface area contributed by atoms with Crippen molar-refractivity contribution in [1.82, 2.24) is 25.1 Å². The largest absolute Gasteiger partial charge is 0.388 e. The highest BCUT2D eigenvalue weighted by Gasteiger charge is 2.35. The van der Waals surface area contributed by atoms with Crippen LogP contribution in [0.25, 0.3) is 0 Å². The first kappa shape index (κ1) is 17.1. The number of hydrogen-bond acceptors (Lipinski definition) is 6. The van der Waals surface area contributed by atoms with Gasteiger partial charge in [-0.05, 0) is 18.9 Å². The molecule has 1 fully saturated rings. The van der Waals surface area contributed by atoms with Crippen LogP contribution in [0, 0.1) is 11.3 Å². The molecule has 2 aromatic heterocycles. The van der Waals surface area contributed by atoms with Gasteiger partial charge in [-0.3, -0.25) is 4.79 Å². The number of methoxy groups -OCH3 is 1. The summed E-state index contributed by atoms with van der Waals surface area (Å²) in [5.74, 6) is 1.31. The zero-order valence-electron chi connectivity index (χ0n) is 13.9. The average molecular weight is 344 g/mol. The predicted molar refractivity (Wildman–Crippen MR) is 86.6 cm³/mol. The van der Waals surface area contributed by atoms with Gasteiger partial charge in [-0.1, -0.05) is 0 Å². The van der Waals surface area contributed by atoms with E-state index in [0.29, 0.717) is 30.2 Å². The van der Waals surface area contributed by atoms with Gasteiger partial charge < -0.3 is 24.7 Å². The van der Waals surface area contributed by atoms with Crippen LogP contribution in [0.1, 0.15) is 46.5 Å². The maximum atomic E-state index is 12.1. The van der Waals surface area contributed by atoms with Gasteiger partial charge in [0.25, 0.3) is 5.91 Å². The molecule has 3 N–H and O–H groups in total. The van der Waals surface area contributed by atoms with E-state index < -0.39 is 0 Å². The van der Waals surface area contributed by atoms with Crippen molar-refractivity contribution in [3.05, 3.63) is 35.2 Å². The molecule has 25 heavy (non-hydrogen) atoms. The summed E-state index contributed by atoms with van der Waals surface area (Å²) in [6, 6.07) is 3.56. The standard InChI is InChI=1S/C16H20N6O3/c1-25-3-2-22-14(9-23)20-21-15(22)11-5-12(6-11)19-16(24)13-4-10(7-17)8-18-13/h4,8,11-12,18,23H,2-3,5-6,9H2,1H3,(H,19,24). The van der Waals surface area contributed by atoms with Crippen LogP contribution >= 0.6 is 0 Å². The molecule has 9 heteroatoms. The van der Waals surface area contributed by atoms with E-state index in [2.05, 4.69) is 20.5 Å². The van der Waals surface area contributed by atoms with Crippen LogP contribution in [0.4, 0.5) is 0 Å². The Morgan fingerprint density at radius 2 is 2.36 bits per heavy atom. The van der Waals surface area contributed by atoms with Gasteiger partial charge in [0.05, 0.1) is 12.2 Å². The summed E-state index contributed by atoms with van der Waals surface area (Å²) in [6.45, 7) is 0.929. The Labute approximate surface area is 144 Å². The fourth-order valence-electron chi connectivity index (χ4n) is 2.99. The van der Waals surface area contributed by atoms with Gasteiger partial charge in [-0.15, -0.1) is 10.2 Å². The van der Waals surface area contributed by atoms with Crippen LogP contribution in [0.2, 0.25) is 0 Å². The Morgan fingerprint density at radius 3 is 3.00 bits per heavy atom. The van der Waals surface area contributed by atoms with Crippen molar-refractivity contribution in [2.24, 2.45) is 0 Å². The lowest BCUT2D eigenvalue weighted by molar-refractivity contribution is 0.0901. The van der Waals surface area contributed by atoms with Crippen LogP contribution in [0.15, 0.2) is 12.3 Å². The second-order valence-electron chi connectivity index (χ2n) is 6.03. The summed E-state index contributed by atoms with van der Waals surface area (Å²) >= 11 is 0. The average Bonchev–Trinajstić information content (AvgIpc) is 3.22. The van der Waals surface area contributed by atoms with Crippen LogP contribution in [-0.4, -0.2) is 50.5 Å². The van der Waals surface area contributed by atoms with Crippen molar-refractivity contribution in [2.45, 2.75) is 38.0 Å². The number of carbonyl (C=O) groups excluding carboxylic acids is 1. The molecule has 2 aromatic rings. The first-order valence-electron chi connectivity index (χ1n) is 8.07. The number of nitrogens with one attached hydrogen (secondary N) is 2. The topological polar surface area (TPSA) is 129 Å². The number of aliphatic hydroxyl groups is 1. The molecule has 0 spiro atoms. The lowest BCUT2D eigenvalue weighted by atomic mass is 9.79. The number of ether oxygens (including phenoxy) is 1. The molecule has 0 radical (unpaired) electrons. The molecule has 1 amide bonds. The van der Waals surface area contributed by atoms with E-state index in [4.69, 9.17) is 10.00 Å². The second kappa shape index (κ2) is 7.46. The summed E-state index contributed by atoms with van der Waals surface area (Å²) in [6.07, 6.45) is 3.02. The number of aromatic nitrogens is 4. The number of nitriles is 1. The monoisotopic (exact) mass is 344 g/mol. The first-order chi connectivity index (χ1) is 12.2. The van der Waals surface area contributed by atoms with Crippen molar-refractivity contribution in [1.29, 1.82) is 5.26 Å². The fraction of sp³-hybridized carbons (Fsp3) is 0.500. The minimum absolute atomic E-state index is 0.0523. The third-order valence-electron chi connectivity index (χ3n) is 4.41. The molecule has 2 heterocycles. The SMILES string of the molecule is COCCn1c(CO)nnc1C1CC(NC(=O)c2cc(C#N)c[nH]2)C1. The molecule has 0 atom stereocenters. The zero-order chi connectivity index (χ0) is 17.8. The summed E-state index contributed by atoms with van der Waals surface area (Å²) in [7, 11) is 1.62. The summed E-state index contributed by atoms with van der Waals surface area (Å²) < 4.78 is 6.98. The van der Waals surface area contributed by atoms with Crippen molar-refractivity contribution in [2.75, 3.05) is 13.7 Å². The van der Waals surface area contributed by atoms with Gasteiger partial charge in [0, 0.05) is 31.8 Å². The predicted octanol–water partition coefficient (Wildman–Crippen LogP) is 0.293. The van der Waals surface area contributed by atoms with E-state index in [9.17, 15) is 9.90 Å². The number of aliphatic hydroxyl groups excluding tert-OH is 1. The Morgan fingerprint density at radius 1 is 1.56 bits per heavy atom. The van der Waals surface area contributed by atoms with E-state index >= 15 is 0 Å². The normalized spacial score (nSPS) is 19.2. The Hall–Kier alpha value is -2.70. The highest BCUT2D eigenvalue weighted by atomic mass is 16.5. The van der Waals surface area contributed by atoms with Crippen LogP contribution < -0.4 is 5.32 Å². The Kier molecular flexibility index (Phi) is 5.11. The van der Waals surface area contributed by atoms with Crippen molar-refractivity contribution >= 4 is 5.91 Å². The van der Waals surface area contributed by atoms with Crippen molar-refractivity contribution < 1.29 is 14.6 Å². The van der Waals surface area contributed by atoms with E-state index in [1.54, 1.807) is 7.11 Å². The van der Waals surface area contributed by atoms with Gasteiger partial charge in [-0.25, -0.2) is 0 Å². The van der Waals surface area contributed by atoms with Gasteiger partial charge in [0.2, 0.25) is 0 Å². The molecule has 1 saturated carbocycles. The van der Waals surface area contributed by atoms with Gasteiger partial charge >= 0.3 is 0 Å². The molecular formula is C16H20N6O3. The van der Waals surface area contributed by atoms with Gasteiger partial charge in [0.15, 0.2) is 5.82 Å². The summed E-state index contributed by atoms with van der Waals surface area (Å²) in [5.41, 5.74) is 0.810. The number of carbonyl (C=O) groups is 1. The maximum absolute atomic E-state index is 12.1. The first-order valence-corrected chi connectivity index (χ1v) is 8.07. The molecule has 0 aliphatic heterocycles. The molecule has 1 aliphatic carbocycles. The molecule has 3 rings (SSSR count). The minimum Gasteiger partial charge on any atom is -0.388 e. The summed E-state index contributed by atoms with van der Waals surface area (Å²) in [5, 5.41) is 29.3. The highest BCUT2D eigenvalue weighted by Crippen LogP contribution is 2.36. The second-order valence-corrected chi connectivity index (χ2v) is 6.03. The third-order valence-corrected chi connectivity index (χ3v) is 4.41. The van der Waals surface area contributed by atoms with E-state index in [-0.39, 0.29) is 24.5 Å². The molecule has 0 aromatic carbocycles. The Balaban J connectivity index is 1.58. The Bertz CT molecular complexity index is 784. The lowest BCUT2D eigenvalue weighted by Crippen LogP contribution is -2.44. The molecule has 9 nitrogen and oxygen atoms in total. The number of rotatable bonds is 7.